The highest BCUT2D eigenvalue weighted by Crippen LogP contribution is 2.30. The summed E-state index contributed by atoms with van der Waals surface area (Å²) in [5.41, 5.74) is 1.26. The summed E-state index contributed by atoms with van der Waals surface area (Å²) in [5.74, 6) is 0.363. The summed E-state index contributed by atoms with van der Waals surface area (Å²) in [6.07, 6.45) is 2.48. The Kier molecular flexibility index (Phi) is 5.25. The van der Waals surface area contributed by atoms with Gasteiger partial charge < -0.3 is 19.3 Å². The zero-order valence-corrected chi connectivity index (χ0v) is 13.0. The van der Waals surface area contributed by atoms with Gasteiger partial charge in [0, 0.05) is 0 Å². The first-order valence-corrected chi connectivity index (χ1v) is 6.96. The standard InChI is InChI=1S/C18H18O5/c1-4-5-12-6-9-15(17(10-12)22-3)23-18(20)13-7-8-14(19)16(11-13)21-2/h4,6-11,19H,1,5H2,2-3H3. The molecule has 2 rings (SSSR count). The average Bonchev–Trinajstić information content (AvgIpc) is 2.56. The van der Waals surface area contributed by atoms with Crippen molar-refractivity contribution in [2.45, 2.75) is 6.42 Å². The van der Waals surface area contributed by atoms with Crippen molar-refractivity contribution in [1.82, 2.24) is 0 Å². The van der Waals surface area contributed by atoms with Crippen molar-refractivity contribution < 1.29 is 24.1 Å². The maximum absolute atomic E-state index is 12.2. The molecule has 0 amide bonds. The van der Waals surface area contributed by atoms with Gasteiger partial charge in [0.25, 0.3) is 0 Å². The van der Waals surface area contributed by atoms with Gasteiger partial charge in [0.2, 0.25) is 0 Å². The van der Waals surface area contributed by atoms with Crippen LogP contribution in [0, 0.1) is 0 Å². The Bertz CT molecular complexity index is 721. The van der Waals surface area contributed by atoms with Crippen LogP contribution in [-0.2, 0) is 6.42 Å². The predicted molar refractivity (Wildman–Crippen MR) is 86.5 cm³/mol. The van der Waals surface area contributed by atoms with Crippen LogP contribution in [-0.4, -0.2) is 25.3 Å². The van der Waals surface area contributed by atoms with Crippen molar-refractivity contribution in [1.29, 1.82) is 0 Å². The maximum atomic E-state index is 12.2. The number of hydrogen-bond donors (Lipinski definition) is 1. The molecule has 0 saturated heterocycles. The number of benzene rings is 2. The van der Waals surface area contributed by atoms with Crippen LogP contribution in [0.2, 0.25) is 0 Å². The number of allylic oxidation sites excluding steroid dienone is 1. The van der Waals surface area contributed by atoms with Gasteiger partial charge in [-0.2, -0.15) is 0 Å². The van der Waals surface area contributed by atoms with E-state index in [4.69, 9.17) is 14.2 Å². The van der Waals surface area contributed by atoms with Crippen LogP contribution >= 0.6 is 0 Å². The SMILES string of the molecule is C=CCc1ccc(OC(=O)c2ccc(O)c(OC)c2)c(OC)c1. The molecule has 0 fully saturated rings. The van der Waals surface area contributed by atoms with E-state index in [9.17, 15) is 9.90 Å². The van der Waals surface area contributed by atoms with E-state index >= 15 is 0 Å². The first kappa shape index (κ1) is 16.4. The van der Waals surface area contributed by atoms with E-state index in [-0.39, 0.29) is 17.1 Å². The lowest BCUT2D eigenvalue weighted by Crippen LogP contribution is -2.09. The van der Waals surface area contributed by atoms with E-state index in [0.717, 1.165) is 5.56 Å². The van der Waals surface area contributed by atoms with E-state index in [1.54, 1.807) is 18.2 Å². The zero-order valence-electron chi connectivity index (χ0n) is 13.0. The van der Waals surface area contributed by atoms with Gasteiger partial charge in [-0.3, -0.25) is 0 Å². The highest BCUT2D eigenvalue weighted by Gasteiger charge is 2.15. The molecule has 23 heavy (non-hydrogen) atoms. The summed E-state index contributed by atoms with van der Waals surface area (Å²) in [5, 5.41) is 9.56. The smallest absolute Gasteiger partial charge is 0.343 e. The minimum absolute atomic E-state index is 0.0459. The van der Waals surface area contributed by atoms with E-state index < -0.39 is 5.97 Å². The van der Waals surface area contributed by atoms with Gasteiger partial charge in [-0.05, 0) is 42.3 Å². The largest absolute Gasteiger partial charge is 0.504 e. The molecule has 0 aliphatic rings. The molecule has 5 nitrogen and oxygen atoms in total. The van der Waals surface area contributed by atoms with E-state index in [0.29, 0.717) is 17.9 Å². The normalized spacial score (nSPS) is 10.0. The third kappa shape index (κ3) is 3.83. The lowest BCUT2D eigenvalue weighted by molar-refractivity contribution is 0.0729. The number of phenolic OH excluding ortho intramolecular Hbond substituents is 1. The van der Waals surface area contributed by atoms with Gasteiger partial charge in [0.05, 0.1) is 19.8 Å². The van der Waals surface area contributed by atoms with Gasteiger partial charge in [0.15, 0.2) is 23.0 Å². The van der Waals surface area contributed by atoms with Gasteiger partial charge in [0.1, 0.15) is 0 Å². The van der Waals surface area contributed by atoms with Crippen LogP contribution in [0.4, 0.5) is 0 Å². The third-order valence-electron chi connectivity index (χ3n) is 3.23. The molecule has 2 aromatic rings. The van der Waals surface area contributed by atoms with Crippen molar-refractivity contribution in [3.63, 3.8) is 0 Å². The molecule has 0 aliphatic heterocycles. The fraction of sp³-hybridized carbons (Fsp3) is 0.167. The minimum Gasteiger partial charge on any atom is -0.504 e. The summed E-state index contributed by atoms with van der Waals surface area (Å²) in [7, 11) is 2.92. The summed E-state index contributed by atoms with van der Waals surface area (Å²) < 4.78 is 15.6. The number of methoxy groups -OCH3 is 2. The second-order valence-corrected chi connectivity index (χ2v) is 4.75. The van der Waals surface area contributed by atoms with Crippen LogP contribution < -0.4 is 14.2 Å². The van der Waals surface area contributed by atoms with Crippen molar-refractivity contribution in [2.24, 2.45) is 0 Å². The van der Waals surface area contributed by atoms with Crippen molar-refractivity contribution in [3.8, 4) is 23.0 Å². The van der Waals surface area contributed by atoms with Crippen molar-refractivity contribution in [3.05, 3.63) is 60.2 Å². The first-order valence-electron chi connectivity index (χ1n) is 6.96. The Labute approximate surface area is 134 Å². The second kappa shape index (κ2) is 7.35. The quantitative estimate of drug-likeness (QED) is 0.503. The highest BCUT2D eigenvalue weighted by atomic mass is 16.6. The summed E-state index contributed by atoms with van der Waals surface area (Å²) in [6, 6.07) is 9.55. The molecule has 0 saturated carbocycles. The second-order valence-electron chi connectivity index (χ2n) is 4.75. The fourth-order valence-corrected chi connectivity index (χ4v) is 2.05. The predicted octanol–water partition coefficient (Wildman–Crippen LogP) is 3.36. The number of hydrogen-bond acceptors (Lipinski definition) is 5. The van der Waals surface area contributed by atoms with E-state index in [2.05, 4.69) is 6.58 Å². The molecule has 120 valence electrons. The number of carbonyl (C=O) groups is 1. The Morgan fingerprint density at radius 3 is 2.48 bits per heavy atom. The van der Waals surface area contributed by atoms with Gasteiger partial charge >= 0.3 is 5.97 Å². The van der Waals surface area contributed by atoms with Crippen LogP contribution in [0.15, 0.2) is 49.1 Å². The van der Waals surface area contributed by atoms with Gasteiger partial charge in [-0.25, -0.2) is 4.79 Å². The number of phenols is 1. The summed E-state index contributed by atoms with van der Waals surface area (Å²) in [6.45, 7) is 3.69. The molecule has 0 aliphatic carbocycles. The molecule has 0 spiro atoms. The van der Waals surface area contributed by atoms with Crippen molar-refractivity contribution in [2.75, 3.05) is 14.2 Å². The van der Waals surface area contributed by atoms with Gasteiger partial charge in [-0.15, -0.1) is 6.58 Å². The third-order valence-corrected chi connectivity index (χ3v) is 3.23. The average molecular weight is 314 g/mol. The number of aromatic hydroxyl groups is 1. The van der Waals surface area contributed by atoms with Crippen molar-refractivity contribution >= 4 is 5.97 Å². The molecular formula is C18H18O5. The summed E-state index contributed by atoms with van der Waals surface area (Å²) in [4.78, 5) is 12.2. The Morgan fingerprint density at radius 2 is 1.83 bits per heavy atom. The Hall–Kier alpha value is -2.95. The van der Waals surface area contributed by atoms with Crippen LogP contribution in [0.5, 0.6) is 23.0 Å². The van der Waals surface area contributed by atoms with E-state index in [1.807, 2.05) is 6.07 Å². The first-order chi connectivity index (χ1) is 11.1. The monoisotopic (exact) mass is 314 g/mol. The van der Waals surface area contributed by atoms with Crippen LogP contribution in [0.3, 0.4) is 0 Å². The lowest BCUT2D eigenvalue weighted by atomic mass is 10.1. The maximum Gasteiger partial charge on any atom is 0.343 e. The number of carbonyl (C=O) groups excluding carboxylic acids is 1. The Morgan fingerprint density at radius 1 is 1.09 bits per heavy atom. The number of rotatable bonds is 6. The number of ether oxygens (including phenoxy) is 3. The lowest BCUT2D eigenvalue weighted by Gasteiger charge is -2.11. The number of esters is 1. The topological polar surface area (TPSA) is 65.0 Å². The Balaban J connectivity index is 2.24. The fourth-order valence-electron chi connectivity index (χ4n) is 2.05. The molecule has 0 aromatic heterocycles. The minimum atomic E-state index is -0.571. The molecule has 2 aromatic carbocycles. The molecule has 0 atom stereocenters. The molecule has 0 bridgehead atoms. The molecule has 0 radical (unpaired) electrons. The summed E-state index contributed by atoms with van der Waals surface area (Å²) >= 11 is 0. The zero-order chi connectivity index (χ0) is 16.8. The molecule has 0 unspecified atom stereocenters. The van der Waals surface area contributed by atoms with Crippen LogP contribution in [0.25, 0.3) is 0 Å². The molecular weight excluding hydrogens is 296 g/mol. The molecule has 0 heterocycles. The van der Waals surface area contributed by atoms with Crippen LogP contribution in [0.1, 0.15) is 15.9 Å². The van der Waals surface area contributed by atoms with Gasteiger partial charge in [-0.1, -0.05) is 12.1 Å². The molecule has 5 heteroatoms. The van der Waals surface area contributed by atoms with E-state index in [1.165, 1.54) is 32.4 Å². The molecule has 1 N–H and O–H groups in total. The highest BCUT2D eigenvalue weighted by molar-refractivity contribution is 5.92.